The summed E-state index contributed by atoms with van der Waals surface area (Å²) in [4.78, 5) is 23.3. The summed E-state index contributed by atoms with van der Waals surface area (Å²) in [6.07, 6.45) is 8.06. The Morgan fingerprint density at radius 1 is 1.03 bits per heavy atom. The number of hydrogen-bond acceptors (Lipinski definition) is 5. The zero-order valence-electron chi connectivity index (χ0n) is 17.0. The van der Waals surface area contributed by atoms with Crippen molar-refractivity contribution in [2.75, 3.05) is 44.2 Å². The fourth-order valence-corrected chi connectivity index (χ4v) is 5.32. The second kappa shape index (κ2) is 7.82. The van der Waals surface area contributed by atoms with Gasteiger partial charge < -0.3 is 19.8 Å². The van der Waals surface area contributed by atoms with E-state index < -0.39 is 0 Å². The highest BCUT2D eigenvalue weighted by Crippen LogP contribution is 2.39. The van der Waals surface area contributed by atoms with Gasteiger partial charge in [0.05, 0.1) is 0 Å². The van der Waals surface area contributed by atoms with Crippen molar-refractivity contribution in [3.8, 4) is 5.88 Å². The van der Waals surface area contributed by atoms with E-state index in [4.69, 9.17) is 0 Å². The predicted octanol–water partition coefficient (Wildman–Crippen LogP) is 2.78. The molecule has 1 amide bonds. The highest BCUT2D eigenvalue weighted by atomic mass is 16.3. The van der Waals surface area contributed by atoms with Gasteiger partial charge in [0.1, 0.15) is 0 Å². The minimum Gasteiger partial charge on any atom is -0.493 e. The fourth-order valence-electron chi connectivity index (χ4n) is 5.32. The summed E-state index contributed by atoms with van der Waals surface area (Å²) in [5.41, 5.74) is 2.49. The van der Waals surface area contributed by atoms with Crippen molar-refractivity contribution in [1.29, 1.82) is 0 Å². The molecular weight excluding hydrogens is 364 g/mol. The first-order valence-corrected chi connectivity index (χ1v) is 11.1. The van der Waals surface area contributed by atoms with Crippen LogP contribution in [0.15, 0.2) is 24.4 Å². The van der Waals surface area contributed by atoms with Gasteiger partial charge in [0, 0.05) is 74.4 Å². The second-order valence-electron chi connectivity index (χ2n) is 8.66. The van der Waals surface area contributed by atoms with Crippen molar-refractivity contribution in [2.45, 2.75) is 44.6 Å². The maximum absolute atomic E-state index is 12.0. The van der Waals surface area contributed by atoms with Crippen LogP contribution in [0, 0.1) is 0 Å². The number of aromatic nitrogens is 1. The first-order chi connectivity index (χ1) is 14.2. The number of hydrogen-bond donors (Lipinski definition) is 1. The topological polar surface area (TPSA) is 59.9 Å². The Morgan fingerprint density at radius 2 is 1.90 bits per heavy atom. The molecule has 1 aromatic carbocycles. The summed E-state index contributed by atoms with van der Waals surface area (Å²) in [5.74, 6) is 0.471. The zero-order valence-corrected chi connectivity index (χ0v) is 17.0. The van der Waals surface area contributed by atoms with Gasteiger partial charge in [-0.05, 0) is 49.8 Å². The molecule has 3 aliphatic heterocycles. The number of aromatic hydroxyl groups is 1. The minimum absolute atomic E-state index is 0.134. The van der Waals surface area contributed by atoms with Gasteiger partial charge in [0.2, 0.25) is 11.8 Å². The van der Waals surface area contributed by atoms with Crippen LogP contribution in [-0.2, 0) is 11.2 Å². The number of amides is 1. The van der Waals surface area contributed by atoms with Crippen molar-refractivity contribution in [3.05, 3.63) is 30.0 Å². The summed E-state index contributed by atoms with van der Waals surface area (Å²) < 4.78 is 0. The molecule has 0 bridgehead atoms. The molecule has 1 N–H and O–H groups in total. The van der Waals surface area contributed by atoms with Gasteiger partial charge in [0.25, 0.3) is 0 Å². The molecule has 4 heterocycles. The predicted molar refractivity (Wildman–Crippen MR) is 114 cm³/mol. The van der Waals surface area contributed by atoms with E-state index in [1.165, 1.54) is 16.6 Å². The first kappa shape index (κ1) is 18.7. The molecule has 6 heteroatoms. The summed E-state index contributed by atoms with van der Waals surface area (Å²) in [5, 5.41) is 12.2. The Labute approximate surface area is 172 Å². The number of piperidine rings is 2. The molecule has 0 spiro atoms. The SMILES string of the molecule is O=C1CCCCN1CCN1CCC(N2CCc3cnc(O)c4cccc2c34)CC1. The molecule has 2 fully saturated rings. The molecule has 0 unspecified atom stereocenters. The van der Waals surface area contributed by atoms with Gasteiger partial charge in [-0.3, -0.25) is 4.79 Å². The summed E-state index contributed by atoms with van der Waals surface area (Å²) in [7, 11) is 0. The Hall–Kier alpha value is -2.34. The number of benzene rings is 1. The molecule has 1 aromatic heterocycles. The van der Waals surface area contributed by atoms with Gasteiger partial charge >= 0.3 is 0 Å². The highest BCUT2D eigenvalue weighted by Gasteiger charge is 2.29. The van der Waals surface area contributed by atoms with Crippen LogP contribution in [0.25, 0.3) is 10.8 Å². The van der Waals surface area contributed by atoms with Gasteiger partial charge in [0.15, 0.2) is 0 Å². The molecule has 6 nitrogen and oxygen atoms in total. The van der Waals surface area contributed by atoms with E-state index in [1.54, 1.807) is 0 Å². The lowest BCUT2D eigenvalue weighted by atomic mass is 9.94. The van der Waals surface area contributed by atoms with Crippen molar-refractivity contribution >= 4 is 22.4 Å². The Kier molecular flexibility index (Phi) is 5.04. The lowest BCUT2D eigenvalue weighted by Crippen LogP contribution is -2.48. The smallest absolute Gasteiger partial charge is 0.222 e. The second-order valence-corrected chi connectivity index (χ2v) is 8.66. The van der Waals surface area contributed by atoms with Crippen LogP contribution in [0.2, 0.25) is 0 Å². The third kappa shape index (κ3) is 3.54. The van der Waals surface area contributed by atoms with Crippen LogP contribution >= 0.6 is 0 Å². The molecule has 0 saturated carbocycles. The average Bonchev–Trinajstić information content (AvgIpc) is 2.76. The minimum atomic E-state index is 0.134. The van der Waals surface area contributed by atoms with E-state index in [0.717, 1.165) is 83.2 Å². The molecule has 0 atom stereocenters. The van der Waals surface area contributed by atoms with Crippen LogP contribution in [0.1, 0.15) is 37.7 Å². The number of rotatable bonds is 4. The van der Waals surface area contributed by atoms with Crippen molar-refractivity contribution in [2.24, 2.45) is 0 Å². The largest absolute Gasteiger partial charge is 0.493 e. The maximum atomic E-state index is 12.0. The molecule has 3 aliphatic rings. The van der Waals surface area contributed by atoms with E-state index in [1.807, 2.05) is 18.3 Å². The summed E-state index contributed by atoms with van der Waals surface area (Å²) in [6.45, 7) is 6.02. The standard InChI is InChI=1S/C23H30N4O2/c28-21-6-1-2-10-26(21)15-14-25-11-8-18(9-12-25)27-13-7-17-16-24-23(29)19-4-3-5-20(27)22(17)19/h3-5,16,18H,1-2,6-15H2,(H,24,29). The van der Waals surface area contributed by atoms with Gasteiger partial charge in [-0.15, -0.1) is 0 Å². The van der Waals surface area contributed by atoms with Crippen molar-refractivity contribution in [3.63, 3.8) is 0 Å². The van der Waals surface area contributed by atoms with Gasteiger partial charge in [-0.1, -0.05) is 6.07 Å². The van der Waals surface area contributed by atoms with E-state index in [2.05, 4.69) is 25.8 Å². The van der Waals surface area contributed by atoms with E-state index in [0.29, 0.717) is 11.9 Å². The molecule has 5 rings (SSSR count). The van der Waals surface area contributed by atoms with Crippen molar-refractivity contribution < 1.29 is 9.90 Å². The Bertz CT molecular complexity index is 907. The molecule has 2 saturated heterocycles. The number of carbonyl (C=O) groups is 1. The average molecular weight is 395 g/mol. The maximum Gasteiger partial charge on any atom is 0.222 e. The fraction of sp³-hybridized carbons (Fsp3) is 0.565. The molecule has 2 aromatic rings. The monoisotopic (exact) mass is 394 g/mol. The number of likely N-dealkylation sites (tertiary alicyclic amines) is 2. The van der Waals surface area contributed by atoms with Crippen LogP contribution in [-0.4, -0.2) is 71.1 Å². The normalized spacial score (nSPS) is 21.2. The lowest BCUT2D eigenvalue weighted by Gasteiger charge is -2.42. The number of pyridine rings is 1. The third-order valence-corrected chi connectivity index (χ3v) is 6.98. The molecular formula is C23H30N4O2. The van der Waals surface area contributed by atoms with Crippen molar-refractivity contribution in [1.82, 2.24) is 14.8 Å². The number of anilines is 1. The van der Waals surface area contributed by atoms with Crippen LogP contribution in [0.3, 0.4) is 0 Å². The number of nitrogens with zero attached hydrogens (tertiary/aromatic N) is 4. The van der Waals surface area contributed by atoms with Gasteiger partial charge in [-0.2, -0.15) is 0 Å². The summed E-state index contributed by atoms with van der Waals surface area (Å²) in [6, 6.07) is 6.74. The van der Waals surface area contributed by atoms with Gasteiger partial charge in [-0.25, -0.2) is 4.98 Å². The van der Waals surface area contributed by atoms with Crippen LogP contribution in [0.4, 0.5) is 5.69 Å². The third-order valence-electron chi connectivity index (χ3n) is 6.98. The molecule has 29 heavy (non-hydrogen) atoms. The molecule has 0 radical (unpaired) electrons. The Balaban J connectivity index is 1.24. The quantitative estimate of drug-likeness (QED) is 0.864. The zero-order chi connectivity index (χ0) is 19.8. The van der Waals surface area contributed by atoms with Crippen LogP contribution < -0.4 is 4.90 Å². The summed E-state index contributed by atoms with van der Waals surface area (Å²) >= 11 is 0. The first-order valence-electron chi connectivity index (χ1n) is 11.1. The van der Waals surface area contributed by atoms with E-state index in [9.17, 15) is 9.90 Å². The van der Waals surface area contributed by atoms with E-state index >= 15 is 0 Å². The van der Waals surface area contributed by atoms with E-state index in [-0.39, 0.29) is 5.88 Å². The van der Waals surface area contributed by atoms with Crippen LogP contribution in [0.5, 0.6) is 5.88 Å². The molecule has 154 valence electrons. The Morgan fingerprint density at radius 3 is 2.72 bits per heavy atom. The lowest BCUT2D eigenvalue weighted by molar-refractivity contribution is -0.133. The number of carbonyl (C=O) groups excluding carboxylic acids is 1. The molecule has 0 aliphatic carbocycles. The highest BCUT2D eigenvalue weighted by molar-refractivity contribution is 6.00.